The van der Waals surface area contributed by atoms with Crippen molar-refractivity contribution in [2.75, 3.05) is 56.1 Å². The van der Waals surface area contributed by atoms with Crippen molar-refractivity contribution in [3.8, 4) is 5.75 Å². The van der Waals surface area contributed by atoms with Crippen LogP contribution >= 0.6 is 0 Å². The summed E-state index contributed by atoms with van der Waals surface area (Å²) in [6.45, 7) is 8.01. The summed E-state index contributed by atoms with van der Waals surface area (Å²) in [5.74, 6) is 0.604. The van der Waals surface area contributed by atoms with Crippen molar-refractivity contribution in [2.45, 2.75) is 13.3 Å². The summed E-state index contributed by atoms with van der Waals surface area (Å²) in [6.07, 6.45) is 0.954. The second-order valence-electron chi connectivity index (χ2n) is 7.02. The first-order chi connectivity index (χ1) is 14.1. The van der Waals surface area contributed by atoms with Gasteiger partial charge in [0.05, 0.1) is 6.61 Å². The van der Waals surface area contributed by atoms with Gasteiger partial charge in [-0.05, 0) is 61.9 Å². The summed E-state index contributed by atoms with van der Waals surface area (Å²) in [7, 11) is 0. The van der Waals surface area contributed by atoms with Gasteiger partial charge in [0.25, 0.3) is 0 Å². The molecule has 0 atom stereocenters. The fraction of sp³-hybridized carbons (Fsp3) is 0.409. The number of rotatable bonds is 8. The minimum absolute atomic E-state index is 0.194. The van der Waals surface area contributed by atoms with Gasteiger partial charge in [-0.15, -0.1) is 0 Å². The number of halogens is 1. The molecule has 0 aliphatic carbocycles. The van der Waals surface area contributed by atoms with Crippen LogP contribution < -0.4 is 20.3 Å². The molecule has 6 nitrogen and oxygen atoms in total. The third kappa shape index (κ3) is 6.64. The molecule has 0 spiro atoms. The Labute approximate surface area is 171 Å². The van der Waals surface area contributed by atoms with Crippen LogP contribution in [0.5, 0.6) is 5.75 Å². The molecule has 0 unspecified atom stereocenters. The van der Waals surface area contributed by atoms with E-state index in [0.29, 0.717) is 13.2 Å². The van der Waals surface area contributed by atoms with E-state index < -0.39 is 0 Å². The molecule has 2 amide bonds. The Balaban J connectivity index is 1.32. The van der Waals surface area contributed by atoms with Gasteiger partial charge in [-0.2, -0.15) is 0 Å². The van der Waals surface area contributed by atoms with Gasteiger partial charge in [-0.25, -0.2) is 9.18 Å². The summed E-state index contributed by atoms with van der Waals surface area (Å²) in [4.78, 5) is 16.2. The second kappa shape index (κ2) is 10.7. The number of nitrogens with zero attached hydrogens (tertiary/aromatic N) is 2. The highest BCUT2D eigenvalue weighted by molar-refractivity contribution is 5.89. The lowest BCUT2D eigenvalue weighted by Crippen LogP contribution is -2.46. The molecule has 2 aromatic rings. The summed E-state index contributed by atoms with van der Waals surface area (Å²) in [5.41, 5.74) is 1.82. The van der Waals surface area contributed by atoms with Gasteiger partial charge in [0.1, 0.15) is 11.6 Å². The van der Waals surface area contributed by atoms with E-state index in [1.807, 2.05) is 43.3 Å². The molecule has 0 saturated carbocycles. The number of hydrogen-bond acceptors (Lipinski definition) is 4. The fourth-order valence-corrected chi connectivity index (χ4v) is 3.33. The van der Waals surface area contributed by atoms with Crippen molar-refractivity contribution in [3.63, 3.8) is 0 Å². The monoisotopic (exact) mass is 400 g/mol. The lowest BCUT2D eigenvalue weighted by Gasteiger charge is -2.36. The summed E-state index contributed by atoms with van der Waals surface area (Å²) in [5, 5.41) is 5.46. The number of piperazine rings is 1. The van der Waals surface area contributed by atoms with Gasteiger partial charge in [0, 0.05) is 50.6 Å². The van der Waals surface area contributed by atoms with Crippen molar-refractivity contribution in [2.24, 2.45) is 0 Å². The van der Waals surface area contributed by atoms with E-state index >= 15 is 0 Å². The summed E-state index contributed by atoms with van der Waals surface area (Å²) < 4.78 is 18.9. The first-order valence-corrected chi connectivity index (χ1v) is 10.1. The lowest BCUT2D eigenvalue weighted by atomic mass is 10.2. The zero-order valence-electron chi connectivity index (χ0n) is 16.9. The number of nitrogens with one attached hydrogen (secondary N) is 2. The molecule has 1 aliphatic heterocycles. The van der Waals surface area contributed by atoms with E-state index in [0.717, 1.165) is 56.3 Å². The van der Waals surface area contributed by atoms with E-state index in [9.17, 15) is 9.18 Å². The Bertz CT molecular complexity index is 759. The average Bonchev–Trinajstić information content (AvgIpc) is 2.74. The lowest BCUT2D eigenvalue weighted by molar-refractivity contribution is 0.224. The third-order valence-corrected chi connectivity index (χ3v) is 4.90. The number of ether oxygens (including phenoxy) is 1. The van der Waals surface area contributed by atoms with Crippen LogP contribution in [0.1, 0.15) is 13.3 Å². The molecule has 156 valence electrons. The first kappa shape index (κ1) is 20.9. The van der Waals surface area contributed by atoms with Crippen LogP contribution in [0.25, 0.3) is 0 Å². The number of urea groups is 1. The van der Waals surface area contributed by atoms with Gasteiger partial charge in [-0.3, -0.25) is 4.90 Å². The Morgan fingerprint density at radius 1 is 1.03 bits per heavy atom. The molecule has 0 radical (unpaired) electrons. The van der Waals surface area contributed by atoms with Crippen LogP contribution in [-0.2, 0) is 0 Å². The zero-order valence-corrected chi connectivity index (χ0v) is 16.9. The number of carbonyl (C=O) groups excluding carboxylic acids is 1. The van der Waals surface area contributed by atoms with E-state index in [2.05, 4.69) is 20.4 Å². The maximum atomic E-state index is 13.1. The summed E-state index contributed by atoms with van der Waals surface area (Å²) >= 11 is 0. The third-order valence-electron chi connectivity index (χ3n) is 4.90. The first-order valence-electron chi connectivity index (χ1n) is 10.1. The van der Waals surface area contributed by atoms with Gasteiger partial charge < -0.3 is 20.3 Å². The summed E-state index contributed by atoms with van der Waals surface area (Å²) in [6, 6.07) is 13.9. The molecule has 1 saturated heterocycles. The van der Waals surface area contributed by atoms with Crippen molar-refractivity contribution in [1.82, 2.24) is 10.2 Å². The highest BCUT2D eigenvalue weighted by Gasteiger charge is 2.16. The highest BCUT2D eigenvalue weighted by Crippen LogP contribution is 2.18. The molecule has 1 aliphatic rings. The molecule has 1 fully saturated rings. The Morgan fingerprint density at radius 3 is 2.38 bits per heavy atom. The Kier molecular flexibility index (Phi) is 7.69. The van der Waals surface area contributed by atoms with Crippen LogP contribution in [0.15, 0.2) is 48.5 Å². The largest absolute Gasteiger partial charge is 0.494 e. The number of hydrogen-bond donors (Lipinski definition) is 2. The fourth-order valence-electron chi connectivity index (χ4n) is 3.33. The molecule has 2 N–H and O–H groups in total. The van der Waals surface area contributed by atoms with Gasteiger partial charge in [-0.1, -0.05) is 0 Å². The molecule has 2 aromatic carbocycles. The molecule has 29 heavy (non-hydrogen) atoms. The van der Waals surface area contributed by atoms with Crippen LogP contribution in [0.4, 0.5) is 20.6 Å². The number of anilines is 2. The number of benzene rings is 2. The van der Waals surface area contributed by atoms with E-state index in [4.69, 9.17) is 4.74 Å². The maximum absolute atomic E-state index is 13.1. The highest BCUT2D eigenvalue weighted by atomic mass is 19.1. The predicted molar refractivity (Wildman–Crippen MR) is 114 cm³/mol. The molecule has 1 heterocycles. The zero-order chi connectivity index (χ0) is 20.5. The van der Waals surface area contributed by atoms with Gasteiger partial charge in [0.2, 0.25) is 0 Å². The van der Waals surface area contributed by atoms with Crippen LogP contribution in [0.3, 0.4) is 0 Å². The number of amides is 2. The average molecular weight is 400 g/mol. The van der Waals surface area contributed by atoms with Crippen molar-refractivity contribution in [1.29, 1.82) is 0 Å². The topological polar surface area (TPSA) is 56.8 Å². The normalized spacial score (nSPS) is 14.5. The molecular formula is C22H29FN4O2. The van der Waals surface area contributed by atoms with E-state index in [-0.39, 0.29) is 11.8 Å². The molecule has 0 bridgehead atoms. The van der Waals surface area contributed by atoms with E-state index in [1.54, 1.807) is 0 Å². The van der Waals surface area contributed by atoms with Crippen LogP contribution in [0.2, 0.25) is 0 Å². The van der Waals surface area contributed by atoms with Gasteiger partial charge >= 0.3 is 6.03 Å². The quantitative estimate of drug-likeness (QED) is 0.666. The molecule has 0 aromatic heterocycles. The van der Waals surface area contributed by atoms with Crippen molar-refractivity contribution in [3.05, 3.63) is 54.3 Å². The van der Waals surface area contributed by atoms with Crippen molar-refractivity contribution < 1.29 is 13.9 Å². The minimum atomic E-state index is -0.208. The molecule has 7 heteroatoms. The standard InChI is InChI=1S/C22H29FN4O2/c1-2-24-22(28)25-19-6-10-21(11-7-19)29-17-3-12-26-13-15-27(16-14-26)20-8-4-18(23)5-9-20/h4-11H,2-3,12-17H2,1H3,(H2,24,25,28). The number of carbonyl (C=O) groups is 1. The maximum Gasteiger partial charge on any atom is 0.319 e. The van der Waals surface area contributed by atoms with Crippen LogP contribution in [0, 0.1) is 5.82 Å². The minimum Gasteiger partial charge on any atom is -0.494 e. The molecule has 3 rings (SSSR count). The molecular weight excluding hydrogens is 371 g/mol. The SMILES string of the molecule is CCNC(=O)Nc1ccc(OCCCN2CCN(c3ccc(F)cc3)CC2)cc1. The van der Waals surface area contributed by atoms with Gasteiger partial charge in [0.15, 0.2) is 0 Å². The Morgan fingerprint density at radius 2 is 1.72 bits per heavy atom. The van der Waals surface area contributed by atoms with Crippen LogP contribution in [-0.4, -0.2) is 56.8 Å². The second-order valence-corrected chi connectivity index (χ2v) is 7.02. The van der Waals surface area contributed by atoms with E-state index in [1.165, 1.54) is 12.1 Å². The Hall–Kier alpha value is -2.80. The predicted octanol–water partition coefficient (Wildman–Crippen LogP) is 3.56. The van der Waals surface area contributed by atoms with Crippen molar-refractivity contribution >= 4 is 17.4 Å². The smallest absolute Gasteiger partial charge is 0.319 e.